The molecule has 1 nitrogen and oxygen atoms in total. The van der Waals surface area contributed by atoms with E-state index >= 15 is 0 Å². The van der Waals surface area contributed by atoms with Gasteiger partial charge < -0.3 is 5.32 Å². The Bertz CT molecular complexity index is 239. The number of rotatable bonds is 6. The predicted octanol–water partition coefficient (Wildman–Crippen LogP) is 4.37. The van der Waals surface area contributed by atoms with Crippen molar-refractivity contribution in [1.82, 2.24) is 5.32 Å². The molecule has 4 saturated carbocycles. The molecule has 0 unspecified atom stereocenters. The van der Waals surface area contributed by atoms with Crippen molar-refractivity contribution in [2.45, 2.75) is 83.7 Å². The van der Waals surface area contributed by atoms with Gasteiger partial charge in [0.2, 0.25) is 0 Å². The Morgan fingerprint density at radius 3 is 1.78 bits per heavy atom. The van der Waals surface area contributed by atoms with E-state index in [-0.39, 0.29) is 0 Å². The van der Waals surface area contributed by atoms with Crippen molar-refractivity contribution in [3.05, 3.63) is 0 Å². The summed E-state index contributed by atoms with van der Waals surface area (Å²) in [4.78, 5) is 0. The molecule has 0 radical (unpaired) electrons. The van der Waals surface area contributed by atoms with Gasteiger partial charge in [-0.15, -0.1) is 0 Å². The standard InChI is InChI=1S/C17H31N/c1-3-5-16(6-4-2)18-17-14-8-12-7-13(10-14)11-15(17)9-12/h12-18H,3-11H2,1-2H3. The molecular formula is C17H31N. The first-order valence-electron chi connectivity index (χ1n) is 8.56. The second kappa shape index (κ2) is 5.53. The molecule has 4 aliphatic rings. The molecule has 0 spiro atoms. The van der Waals surface area contributed by atoms with Crippen LogP contribution in [-0.2, 0) is 0 Å². The van der Waals surface area contributed by atoms with Crippen LogP contribution in [0.4, 0.5) is 0 Å². The first kappa shape index (κ1) is 13.0. The van der Waals surface area contributed by atoms with E-state index in [0.717, 1.165) is 35.8 Å². The van der Waals surface area contributed by atoms with E-state index in [0.29, 0.717) is 0 Å². The molecule has 0 aromatic rings. The molecule has 4 bridgehead atoms. The van der Waals surface area contributed by atoms with Gasteiger partial charge in [-0.25, -0.2) is 0 Å². The molecular weight excluding hydrogens is 218 g/mol. The molecule has 0 heterocycles. The smallest absolute Gasteiger partial charge is 0.0127 e. The van der Waals surface area contributed by atoms with Gasteiger partial charge in [0.1, 0.15) is 0 Å². The molecule has 4 fully saturated rings. The molecule has 0 aromatic carbocycles. The van der Waals surface area contributed by atoms with Gasteiger partial charge >= 0.3 is 0 Å². The summed E-state index contributed by atoms with van der Waals surface area (Å²) >= 11 is 0. The third-order valence-corrected chi connectivity index (χ3v) is 5.93. The highest BCUT2D eigenvalue weighted by molar-refractivity contribution is 5.02. The van der Waals surface area contributed by atoms with Crippen LogP contribution in [-0.4, -0.2) is 12.1 Å². The number of nitrogens with one attached hydrogen (secondary N) is 1. The fraction of sp³-hybridized carbons (Fsp3) is 1.00. The molecule has 0 amide bonds. The van der Waals surface area contributed by atoms with E-state index in [9.17, 15) is 0 Å². The zero-order valence-corrected chi connectivity index (χ0v) is 12.3. The van der Waals surface area contributed by atoms with E-state index in [1.165, 1.54) is 25.7 Å². The third-order valence-electron chi connectivity index (χ3n) is 5.93. The lowest BCUT2D eigenvalue weighted by molar-refractivity contribution is -0.0184. The van der Waals surface area contributed by atoms with Crippen LogP contribution in [0.5, 0.6) is 0 Å². The number of hydrogen-bond donors (Lipinski definition) is 1. The van der Waals surface area contributed by atoms with Gasteiger partial charge in [-0.3, -0.25) is 0 Å². The average Bonchev–Trinajstić information content (AvgIpc) is 2.33. The van der Waals surface area contributed by atoms with Crippen molar-refractivity contribution in [1.29, 1.82) is 0 Å². The van der Waals surface area contributed by atoms with Crippen molar-refractivity contribution in [3.63, 3.8) is 0 Å². The van der Waals surface area contributed by atoms with Crippen LogP contribution in [0.2, 0.25) is 0 Å². The highest BCUT2D eigenvalue weighted by Gasteiger charge is 2.48. The highest BCUT2D eigenvalue weighted by Crippen LogP contribution is 2.53. The zero-order valence-electron chi connectivity index (χ0n) is 12.3. The highest BCUT2D eigenvalue weighted by atomic mass is 15.0. The summed E-state index contributed by atoms with van der Waals surface area (Å²) < 4.78 is 0. The molecule has 0 aromatic heterocycles. The first-order chi connectivity index (χ1) is 8.80. The Labute approximate surface area is 113 Å². The molecule has 1 heteroatoms. The SMILES string of the molecule is CCCC(CCC)NC1C2CC3CC(C2)CC1C3. The van der Waals surface area contributed by atoms with E-state index < -0.39 is 0 Å². The van der Waals surface area contributed by atoms with Crippen LogP contribution in [0.3, 0.4) is 0 Å². The molecule has 1 N–H and O–H groups in total. The van der Waals surface area contributed by atoms with Crippen molar-refractivity contribution < 1.29 is 0 Å². The monoisotopic (exact) mass is 249 g/mol. The lowest BCUT2D eigenvalue weighted by atomic mass is 9.54. The fourth-order valence-corrected chi connectivity index (χ4v) is 5.48. The Hall–Kier alpha value is -0.0400. The Morgan fingerprint density at radius 2 is 1.33 bits per heavy atom. The van der Waals surface area contributed by atoms with Crippen LogP contribution in [0, 0.1) is 23.7 Å². The summed E-state index contributed by atoms with van der Waals surface area (Å²) in [6.07, 6.45) is 13.2. The fourth-order valence-electron chi connectivity index (χ4n) is 5.48. The number of hydrogen-bond acceptors (Lipinski definition) is 1. The Morgan fingerprint density at radius 1 is 0.833 bits per heavy atom. The Kier molecular flexibility index (Phi) is 3.98. The van der Waals surface area contributed by atoms with Crippen molar-refractivity contribution in [3.8, 4) is 0 Å². The molecule has 0 saturated heterocycles. The third kappa shape index (κ3) is 2.48. The zero-order chi connectivity index (χ0) is 12.5. The summed E-state index contributed by atoms with van der Waals surface area (Å²) in [6.45, 7) is 4.67. The average molecular weight is 249 g/mol. The minimum absolute atomic E-state index is 0.808. The van der Waals surface area contributed by atoms with Crippen LogP contribution >= 0.6 is 0 Å². The van der Waals surface area contributed by atoms with Gasteiger partial charge in [-0.1, -0.05) is 26.7 Å². The summed E-state index contributed by atoms with van der Waals surface area (Å²) in [5.41, 5.74) is 0. The van der Waals surface area contributed by atoms with Crippen LogP contribution < -0.4 is 5.32 Å². The summed E-state index contributed by atoms with van der Waals surface area (Å²) in [5.74, 6) is 4.30. The van der Waals surface area contributed by atoms with Gasteiger partial charge in [0.05, 0.1) is 0 Å². The lowest BCUT2D eigenvalue weighted by Crippen LogP contribution is -2.56. The van der Waals surface area contributed by atoms with Gasteiger partial charge in [0.25, 0.3) is 0 Å². The van der Waals surface area contributed by atoms with Crippen LogP contribution in [0.1, 0.15) is 71.6 Å². The lowest BCUT2D eigenvalue weighted by Gasteiger charge is -2.55. The van der Waals surface area contributed by atoms with Gasteiger partial charge in [-0.05, 0) is 68.6 Å². The first-order valence-corrected chi connectivity index (χ1v) is 8.56. The summed E-state index contributed by atoms with van der Waals surface area (Å²) in [7, 11) is 0. The van der Waals surface area contributed by atoms with Crippen molar-refractivity contribution in [2.24, 2.45) is 23.7 Å². The van der Waals surface area contributed by atoms with Crippen molar-refractivity contribution >= 4 is 0 Å². The Balaban J connectivity index is 1.61. The summed E-state index contributed by atoms with van der Waals surface area (Å²) in [6, 6.07) is 1.70. The molecule has 4 aliphatic carbocycles. The summed E-state index contributed by atoms with van der Waals surface area (Å²) in [5, 5.41) is 4.10. The second-order valence-electron chi connectivity index (χ2n) is 7.40. The quantitative estimate of drug-likeness (QED) is 0.737. The van der Waals surface area contributed by atoms with E-state index in [2.05, 4.69) is 19.2 Å². The van der Waals surface area contributed by atoms with E-state index in [1.807, 2.05) is 0 Å². The minimum atomic E-state index is 0.808. The van der Waals surface area contributed by atoms with E-state index in [4.69, 9.17) is 0 Å². The predicted molar refractivity (Wildman–Crippen MR) is 77.6 cm³/mol. The van der Waals surface area contributed by atoms with E-state index in [1.54, 1.807) is 32.1 Å². The molecule has 18 heavy (non-hydrogen) atoms. The van der Waals surface area contributed by atoms with Gasteiger partial charge in [0, 0.05) is 12.1 Å². The minimum Gasteiger partial charge on any atom is -0.311 e. The molecule has 0 aliphatic heterocycles. The maximum Gasteiger partial charge on any atom is 0.0127 e. The molecule has 0 atom stereocenters. The molecule has 4 rings (SSSR count). The largest absolute Gasteiger partial charge is 0.311 e. The molecule has 104 valence electrons. The van der Waals surface area contributed by atoms with Gasteiger partial charge in [-0.2, -0.15) is 0 Å². The normalized spacial score (nSPS) is 41.8. The topological polar surface area (TPSA) is 12.0 Å². The second-order valence-corrected chi connectivity index (χ2v) is 7.40. The van der Waals surface area contributed by atoms with Crippen LogP contribution in [0.15, 0.2) is 0 Å². The van der Waals surface area contributed by atoms with Crippen LogP contribution in [0.25, 0.3) is 0 Å². The van der Waals surface area contributed by atoms with Gasteiger partial charge in [0.15, 0.2) is 0 Å². The van der Waals surface area contributed by atoms with Crippen molar-refractivity contribution in [2.75, 3.05) is 0 Å². The maximum atomic E-state index is 4.10. The maximum absolute atomic E-state index is 4.10.